The van der Waals surface area contributed by atoms with E-state index >= 15 is 0 Å². The summed E-state index contributed by atoms with van der Waals surface area (Å²) >= 11 is 0. The standard InChI is InChI=1S/C8H9NO.2C2H6/c1-6-4-3-5-8(9-6)7(2)10;2*1-2/h3-5H,1-2H3;2*1-2H3. The number of aryl methyl sites for hydroxylation is 1. The third-order valence-corrected chi connectivity index (χ3v) is 1.25. The molecular weight excluding hydrogens is 174 g/mol. The van der Waals surface area contributed by atoms with Gasteiger partial charge in [-0.1, -0.05) is 33.8 Å². The van der Waals surface area contributed by atoms with Gasteiger partial charge in [0.2, 0.25) is 0 Å². The van der Waals surface area contributed by atoms with E-state index < -0.39 is 0 Å². The normalized spacial score (nSPS) is 7.57. The number of carbonyl (C=O) groups excluding carboxylic acids is 1. The number of Topliss-reactive ketones (excluding diaryl/α,β-unsaturated/α-hetero) is 1. The van der Waals surface area contributed by atoms with Gasteiger partial charge in [0.1, 0.15) is 5.69 Å². The summed E-state index contributed by atoms with van der Waals surface area (Å²) in [6.45, 7) is 11.4. The van der Waals surface area contributed by atoms with Gasteiger partial charge in [-0.15, -0.1) is 0 Å². The van der Waals surface area contributed by atoms with E-state index in [1.165, 1.54) is 6.92 Å². The van der Waals surface area contributed by atoms with Crippen molar-refractivity contribution in [3.05, 3.63) is 29.6 Å². The fourth-order valence-corrected chi connectivity index (χ4v) is 0.739. The SMILES string of the molecule is CC.CC.CC(=O)c1cccc(C)n1. The first-order valence-electron chi connectivity index (χ1n) is 5.15. The maximum atomic E-state index is 10.7. The summed E-state index contributed by atoms with van der Waals surface area (Å²) in [6, 6.07) is 5.42. The Morgan fingerprint density at radius 1 is 1.14 bits per heavy atom. The number of rotatable bonds is 1. The highest BCUT2D eigenvalue weighted by atomic mass is 16.1. The molecule has 0 bridgehead atoms. The van der Waals surface area contributed by atoms with Crippen molar-refractivity contribution in [2.45, 2.75) is 41.5 Å². The van der Waals surface area contributed by atoms with Crippen LogP contribution in [0.2, 0.25) is 0 Å². The lowest BCUT2D eigenvalue weighted by molar-refractivity contribution is 0.101. The number of ketones is 1. The van der Waals surface area contributed by atoms with E-state index in [0.29, 0.717) is 5.69 Å². The zero-order valence-electron chi connectivity index (χ0n) is 10.1. The van der Waals surface area contributed by atoms with E-state index in [1.807, 2.05) is 46.8 Å². The molecule has 1 heterocycles. The molecule has 1 rings (SSSR count). The average Bonchev–Trinajstić information content (AvgIpc) is 2.24. The van der Waals surface area contributed by atoms with Crippen LogP contribution in [0.15, 0.2) is 18.2 Å². The Balaban J connectivity index is 0. The molecular formula is C12H21NO. The molecule has 0 N–H and O–H groups in total. The first-order valence-corrected chi connectivity index (χ1v) is 5.15. The minimum atomic E-state index is 0.0173. The molecule has 0 saturated heterocycles. The zero-order chi connectivity index (χ0) is 11.6. The van der Waals surface area contributed by atoms with E-state index in [1.54, 1.807) is 6.07 Å². The summed E-state index contributed by atoms with van der Waals surface area (Å²) in [5.41, 5.74) is 1.42. The molecule has 0 aliphatic carbocycles. The van der Waals surface area contributed by atoms with Crippen LogP contribution in [-0.2, 0) is 0 Å². The van der Waals surface area contributed by atoms with Gasteiger partial charge in [-0.25, -0.2) is 0 Å². The number of pyridine rings is 1. The van der Waals surface area contributed by atoms with Crippen LogP contribution >= 0.6 is 0 Å². The Morgan fingerprint density at radius 3 is 1.93 bits per heavy atom. The molecule has 0 fully saturated rings. The average molecular weight is 195 g/mol. The molecule has 0 amide bonds. The van der Waals surface area contributed by atoms with E-state index in [9.17, 15) is 4.79 Å². The Bertz CT molecular complexity index is 256. The maximum absolute atomic E-state index is 10.7. The number of aromatic nitrogens is 1. The minimum Gasteiger partial charge on any atom is -0.293 e. The summed E-state index contributed by atoms with van der Waals surface area (Å²) in [6.07, 6.45) is 0. The van der Waals surface area contributed by atoms with Crippen LogP contribution in [0.5, 0.6) is 0 Å². The Morgan fingerprint density at radius 2 is 1.64 bits per heavy atom. The predicted octanol–water partition coefficient (Wildman–Crippen LogP) is 3.65. The lowest BCUT2D eigenvalue weighted by Crippen LogP contribution is -1.96. The lowest BCUT2D eigenvalue weighted by Gasteiger charge is -1.93. The maximum Gasteiger partial charge on any atom is 0.178 e. The van der Waals surface area contributed by atoms with Crippen molar-refractivity contribution in [1.29, 1.82) is 0 Å². The van der Waals surface area contributed by atoms with Gasteiger partial charge in [-0.2, -0.15) is 0 Å². The highest BCUT2D eigenvalue weighted by Gasteiger charge is 1.97. The molecule has 0 spiro atoms. The van der Waals surface area contributed by atoms with Crippen LogP contribution < -0.4 is 0 Å². The molecule has 1 aromatic heterocycles. The second-order valence-electron chi connectivity index (χ2n) is 2.22. The Hall–Kier alpha value is -1.18. The van der Waals surface area contributed by atoms with E-state index in [4.69, 9.17) is 0 Å². The van der Waals surface area contributed by atoms with Crippen molar-refractivity contribution in [3.8, 4) is 0 Å². The smallest absolute Gasteiger partial charge is 0.178 e. The van der Waals surface area contributed by atoms with E-state index in [2.05, 4.69) is 4.98 Å². The molecule has 2 nitrogen and oxygen atoms in total. The number of hydrogen-bond acceptors (Lipinski definition) is 2. The van der Waals surface area contributed by atoms with Crippen molar-refractivity contribution < 1.29 is 4.79 Å². The zero-order valence-corrected chi connectivity index (χ0v) is 10.1. The molecule has 1 aromatic rings. The molecule has 0 aromatic carbocycles. The molecule has 0 aliphatic heterocycles. The van der Waals surface area contributed by atoms with Crippen LogP contribution in [-0.4, -0.2) is 10.8 Å². The van der Waals surface area contributed by atoms with Gasteiger partial charge in [0.25, 0.3) is 0 Å². The number of carbonyl (C=O) groups is 1. The quantitative estimate of drug-likeness (QED) is 0.640. The second-order valence-corrected chi connectivity index (χ2v) is 2.22. The van der Waals surface area contributed by atoms with Crippen LogP contribution in [0.4, 0.5) is 0 Å². The van der Waals surface area contributed by atoms with Gasteiger partial charge >= 0.3 is 0 Å². The first-order chi connectivity index (χ1) is 6.70. The monoisotopic (exact) mass is 195 g/mol. The summed E-state index contributed by atoms with van der Waals surface area (Å²) in [4.78, 5) is 14.8. The van der Waals surface area contributed by atoms with Crippen LogP contribution in [0.25, 0.3) is 0 Å². The third kappa shape index (κ3) is 6.35. The molecule has 2 heteroatoms. The Kier molecular flexibility index (Phi) is 10.8. The largest absolute Gasteiger partial charge is 0.293 e. The summed E-state index contributed by atoms with van der Waals surface area (Å²) < 4.78 is 0. The fourth-order valence-electron chi connectivity index (χ4n) is 0.739. The highest BCUT2D eigenvalue weighted by Crippen LogP contribution is 1.97. The van der Waals surface area contributed by atoms with E-state index in [0.717, 1.165) is 5.69 Å². The minimum absolute atomic E-state index is 0.0173. The van der Waals surface area contributed by atoms with Crippen molar-refractivity contribution in [3.63, 3.8) is 0 Å². The molecule has 0 unspecified atom stereocenters. The molecule has 0 aliphatic rings. The van der Waals surface area contributed by atoms with Gasteiger partial charge in [0.05, 0.1) is 0 Å². The van der Waals surface area contributed by atoms with Crippen molar-refractivity contribution in [1.82, 2.24) is 4.98 Å². The number of nitrogens with zero attached hydrogens (tertiary/aromatic N) is 1. The topological polar surface area (TPSA) is 30.0 Å². The van der Waals surface area contributed by atoms with Crippen molar-refractivity contribution in [2.24, 2.45) is 0 Å². The summed E-state index contributed by atoms with van der Waals surface area (Å²) in [5, 5.41) is 0. The van der Waals surface area contributed by atoms with Gasteiger partial charge in [-0.3, -0.25) is 9.78 Å². The Labute approximate surface area is 87.4 Å². The van der Waals surface area contributed by atoms with E-state index in [-0.39, 0.29) is 5.78 Å². The molecule has 0 atom stereocenters. The van der Waals surface area contributed by atoms with Gasteiger partial charge in [-0.05, 0) is 19.1 Å². The van der Waals surface area contributed by atoms with Crippen LogP contribution in [0.3, 0.4) is 0 Å². The van der Waals surface area contributed by atoms with Gasteiger partial charge < -0.3 is 0 Å². The van der Waals surface area contributed by atoms with Crippen LogP contribution in [0, 0.1) is 6.92 Å². The summed E-state index contributed by atoms with van der Waals surface area (Å²) in [5.74, 6) is 0.0173. The van der Waals surface area contributed by atoms with Crippen molar-refractivity contribution in [2.75, 3.05) is 0 Å². The second kappa shape index (κ2) is 9.90. The van der Waals surface area contributed by atoms with Gasteiger partial charge in [0, 0.05) is 12.6 Å². The molecule has 14 heavy (non-hydrogen) atoms. The molecule has 0 radical (unpaired) electrons. The molecule has 80 valence electrons. The predicted molar refractivity (Wildman–Crippen MR) is 61.7 cm³/mol. The summed E-state index contributed by atoms with van der Waals surface area (Å²) in [7, 11) is 0. The first kappa shape index (κ1) is 15.3. The van der Waals surface area contributed by atoms with Gasteiger partial charge in [0.15, 0.2) is 5.78 Å². The number of hydrogen-bond donors (Lipinski definition) is 0. The lowest BCUT2D eigenvalue weighted by atomic mass is 10.2. The molecule has 0 saturated carbocycles. The van der Waals surface area contributed by atoms with Crippen molar-refractivity contribution >= 4 is 5.78 Å². The fraction of sp³-hybridized carbons (Fsp3) is 0.500. The highest BCUT2D eigenvalue weighted by molar-refractivity contribution is 5.91. The van der Waals surface area contributed by atoms with Crippen LogP contribution in [0.1, 0.15) is 50.8 Å². The third-order valence-electron chi connectivity index (χ3n) is 1.25.